The average molecular weight is 355 g/mol. The molecular weight excluding hydrogens is 330 g/mol. The summed E-state index contributed by atoms with van der Waals surface area (Å²) in [6.45, 7) is 4.18. The summed E-state index contributed by atoms with van der Waals surface area (Å²) in [5.41, 5.74) is 1.78. The minimum absolute atomic E-state index is 0.0671. The van der Waals surface area contributed by atoms with E-state index in [0.29, 0.717) is 0 Å². The van der Waals surface area contributed by atoms with Gasteiger partial charge in [0.05, 0.1) is 0 Å². The monoisotopic (exact) mass is 355 g/mol. The number of benzene rings is 2. The van der Waals surface area contributed by atoms with Crippen molar-refractivity contribution in [3.8, 4) is 0 Å². The Bertz CT molecular complexity index is 688. The van der Waals surface area contributed by atoms with Crippen LogP contribution in [0.3, 0.4) is 0 Å². The fraction of sp³-hybridized carbons (Fsp3) is 0.333. The topological polar surface area (TPSA) is 64.6 Å². The number of nitrogens with one attached hydrogen (secondary N) is 1. The molecule has 5 heteroatoms. The third-order valence-corrected chi connectivity index (χ3v) is 4.18. The molecule has 0 aliphatic rings. The van der Waals surface area contributed by atoms with Crippen molar-refractivity contribution in [1.29, 1.82) is 0 Å². The Balaban J connectivity index is 1.89. The quantitative estimate of drug-likeness (QED) is 0.725. The predicted molar refractivity (Wildman–Crippen MR) is 99.2 cm³/mol. The molecule has 2 unspecified atom stereocenters. The Morgan fingerprint density at radius 1 is 0.885 bits per heavy atom. The molecule has 0 aliphatic heterocycles. The number of amides is 1. The molecule has 2 rings (SSSR count). The van der Waals surface area contributed by atoms with Crippen LogP contribution in [0, 0.1) is 5.92 Å². The van der Waals surface area contributed by atoms with Crippen LogP contribution in [0.1, 0.15) is 31.4 Å². The Hall–Kier alpha value is -2.82. The molecule has 2 atom stereocenters. The zero-order valence-corrected chi connectivity index (χ0v) is 15.2. The lowest BCUT2D eigenvalue weighted by molar-refractivity contribution is -0.148. The lowest BCUT2D eigenvalue weighted by Crippen LogP contribution is -2.46. The highest BCUT2D eigenvalue weighted by molar-refractivity contribution is 5.81. The second-order valence-electron chi connectivity index (χ2n) is 6.16. The van der Waals surface area contributed by atoms with Gasteiger partial charge in [-0.15, -0.1) is 0 Å². The van der Waals surface area contributed by atoms with Crippen LogP contribution in [0.4, 0.5) is 4.79 Å². The van der Waals surface area contributed by atoms with E-state index in [1.165, 1.54) is 0 Å². The largest absolute Gasteiger partial charge is 0.459 e. The maximum atomic E-state index is 12.4. The molecule has 0 bridgehead atoms. The summed E-state index contributed by atoms with van der Waals surface area (Å²) in [5, 5.41) is 2.64. The maximum Gasteiger partial charge on any atom is 0.408 e. The minimum Gasteiger partial charge on any atom is -0.459 e. The molecule has 1 N–H and O–H groups in total. The Morgan fingerprint density at radius 3 is 1.88 bits per heavy atom. The third kappa shape index (κ3) is 6.24. The van der Waals surface area contributed by atoms with Gasteiger partial charge in [0, 0.05) is 0 Å². The average Bonchev–Trinajstić information content (AvgIpc) is 2.69. The summed E-state index contributed by atoms with van der Waals surface area (Å²) in [6.07, 6.45) is 0.0974. The highest BCUT2D eigenvalue weighted by Crippen LogP contribution is 2.12. The SMILES string of the molecule is CCC(C)C(NC(=O)OCc1ccccc1)C(=O)OCc1ccccc1. The van der Waals surface area contributed by atoms with E-state index in [0.717, 1.165) is 17.5 Å². The van der Waals surface area contributed by atoms with E-state index in [1.54, 1.807) is 0 Å². The van der Waals surface area contributed by atoms with Gasteiger partial charge in [0.25, 0.3) is 0 Å². The van der Waals surface area contributed by atoms with E-state index in [2.05, 4.69) is 5.32 Å². The first-order valence-corrected chi connectivity index (χ1v) is 8.78. The van der Waals surface area contributed by atoms with Gasteiger partial charge in [-0.3, -0.25) is 0 Å². The summed E-state index contributed by atoms with van der Waals surface area (Å²) in [7, 11) is 0. The number of ether oxygens (including phenoxy) is 2. The lowest BCUT2D eigenvalue weighted by Gasteiger charge is -2.22. The van der Waals surface area contributed by atoms with Gasteiger partial charge >= 0.3 is 12.1 Å². The molecule has 5 nitrogen and oxygen atoms in total. The van der Waals surface area contributed by atoms with E-state index >= 15 is 0 Å². The van der Waals surface area contributed by atoms with Crippen LogP contribution >= 0.6 is 0 Å². The molecule has 0 saturated carbocycles. The van der Waals surface area contributed by atoms with E-state index in [4.69, 9.17) is 9.47 Å². The molecule has 0 fully saturated rings. The van der Waals surface area contributed by atoms with Crippen molar-refractivity contribution in [2.45, 2.75) is 39.5 Å². The molecule has 138 valence electrons. The first kappa shape index (κ1) is 19.5. The molecule has 0 saturated heterocycles. The number of hydrogen-bond acceptors (Lipinski definition) is 4. The molecule has 26 heavy (non-hydrogen) atoms. The van der Waals surface area contributed by atoms with Crippen molar-refractivity contribution in [2.24, 2.45) is 5.92 Å². The van der Waals surface area contributed by atoms with Crippen molar-refractivity contribution in [2.75, 3.05) is 0 Å². The normalized spacial score (nSPS) is 12.7. The Labute approximate surface area is 154 Å². The highest BCUT2D eigenvalue weighted by atomic mass is 16.6. The maximum absolute atomic E-state index is 12.4. The smallest absolute Gasteiger partial charge is 0.408 e. The van der Waals surface area contributed by atoms with Gasteiger partial charge in [0.2, 0.25) is 0 Å². The fourth-order valence-electron chi connectivity index (χ4n) is 2.38. The Kier molecular flexibility index (Phi) is 7.68. The predicted octanol–water partition coefficient (Wildman–Crippen LogP) is 4.07. The van der Waals surface area contributed by atoms with E-state index in [9.17, 15) is 9.59 Å². The van der Waals surface area contributed by atoms with Gasteiger partial charge < -0.3 is 14.8 Å². The second-order valence-corrected chi connectivity index (χ2v) is 6.16. The Morgan fingerprint density at radius 2 is 1.38 bits per heavy atom. The number of alkyl carbamates (subject to hydrolysis) is 1. The van der Waals surface area contributed by atoms with Gasteiger partial charge in [-0.2, -0.15) is 0 Å². The molecule has 0 heterocycles. The van der Waals surface area contributed by atoms with Gasteiger partial charge in [-0.25, -0.2) is 9.59 Å². The fourth-order valence-corrected chi connectivity index (χ4v) is 2.38. The van der Waals surface area contributed by atoms with Crippen LogP contribution in [0.15, 0.2) is 60.7 Å². The van der Waals surface area contributed by atoms with Gasteiger partial charge in [0.15, 0.2) is 0 Å². The number of carbonyl (C=O) groups is 2. The van der Waals surface area contributed by atoms with E-state index in [1.807, 2.05) is 74.5 Å². The van der Waals surface area contributed by atoms with Gasteiger partial charge in [0.1, 0.15) is 19.3 Å². The van der Waals surface area contributed by atoms with Crippen molar-refractivity contribution < 1.29 is 19.1 Å². The van der Waals surface area contributed by atoms with Crippen molar-refractivity contribution in [1.82, 2.24) is 5.32 Å². The number of rotatable bonds is 8. The van der Waals surface area contributed by atoms with Gasteiger partial charge in [-0.1, -0.05) is 80.9 Å². The molecule has 0 spiro atoms. The first-order chi connectivity index (χ1) is 12.6. The van der Waals surface area contributed by atoms with E-state index < -0.39 is 18.1 Å². The van der Waals surface area contributed by atoms with Gasteiger partial charge in [-0.05, 0) is 17.0 Å². The van der Waals surface area contributed by atoms with E-state index in [-0.39, 0.29) is 19.1 Å². The third-order valence-electron chi connectivity index (χ3n) is 4.18. The highest BCUT2D eigenvalue weighted by Gasteiger charge is 2.28. The molecular formula is C21H25NO4. The molecule has 2 aromatic rings. The molecule has 0 aliphatic carbocycles. The van der Waals surface area contributed by atoms with Crippen molar-refractivity contribution >= 4 is 12.1 Å². The van der Waals surface area contributed by atoms with Crippen LogP contribution in [0.2, 0.25) is 0 Å². The minimum atomic E-state index is -0.744. The summed E-state index contributed by atoms with van der Waals surface area (Å²) in [6, 6.07) is 18.1. The lowest BCUT2D eigenvalue weighted by atomic mass is 9.99. The van der Waals surface area contributed by atoms with Crippen LogP contribution < -0.4 is 5.32 Å². The summed E-state index contributed by atoms with van der Waals surface area (Å²) >= 11 is 0. The van der Waals surface area contributed by atoms with Crippen LogP contribution in [-0.2, 0) is 27.5 Å². The second kappa shape index (κ2) is 10.2. The standard InChI is InChI=1S/C21H25NO4/c1-3-16(2)19(20(23)25-14-17-10-6-4-7-11-17)22-21(24)26-15-18-12-8-5-9-13-18/h4-13,16,19H,3,14-15H2,1-2H3,(H,22,24). The number of carbonyl (C=O) groups excluding carboxylic acids is 2. The summed E-state index contributed by atoms with van der Waals surface area (Å²) < 4.78 is 10.6. The first-order valence-electron chi connectivity index (χ1n) is 8.78. The molecule has 0 radical (unpaired) electrons. The summed E-state index contributed by atoms with van der Waals surface area (Å²) in [4.78, 5) is 24.5. The van der Waals surface area contributed by atoms with Crippen LogP contribution in [0.5, 0.6) is 0 Å². The number of hydrogen-bond donors (Lipinski definition) is 1. The molecule has 1 amide bonds. The van der Waals surface area contributed by atoms with Crippen molar-refractivity contribution in [3.63, 3.8) is 0 Å². The summed E-state index contributed by atoms with van der Waals surface area (Å²) in [5.74, 6) is -0.526. The molecule has 2 aromatic carbocycles. The zero-order chi connectivity index (χ0) is 18.8. The number of esters is 1. The molecule has 0 aromatic heterocycles. The zero-order valence-electron chi connectivity index (χ0n) is 15.2. The van der Waals surface area contributed by atoms with Crippen molar-refractivity contribution in [3.05, 3.63) is 71.8 Å². The van der Waals surface area contributed by atoms with Crippen LogP contribution in [0.25, 0.3) is 0 Å². The van der Waals surface area contributed by atoms with Crippen LogP contribution in [-0.4, -0.2) is 18.1 Å².